The molecule has 1 heterocycles. The van der Waals surface area contributed by atoms with Crippen molar-refractivity contribution in [3.05, 3.63) is 48.7 Å². The fraction of sp³-hybridized carbons (Fsp3) is 0.375. The van der Waals surface area contributed by atoms with Crippen LogP contribution in [0.3, 0.4) is 0 Å². The summed E-state index contributed by atoms with van der Waals surface area (Å²) in [6, 6.07) is 1.94. The molecule has 0 aromatic carbocycles. The largest absolute Gasteiger partial charge is 0.309 e. The number of aromatic amines is 1. The van der Waals surface area contributed by atoms with Crippen LogP contribution in [0, 0.1) is 0 Å². The van der Waals surface area contributed by atoms with Gasteiger partial charge in [-0.1, -0.05) is 44.2 Å². The van der Waals surface area contributed by atoms with Crippen LogP contribution >= 0.6 is 0 Å². The van der Waals surface area contributed by atoms with Gasteiger partial charge in [-0.3, -0.25) is 9.89 Å². The van der Waals surface area contributed by atoms with Crippen LogP contribution in [0.1, 0.15) is 43.7 Å². The monoisotopic (exact) mass is 271 g/mol. The molecule has 0 saturated heterocycles. The SMILES string of the molecule is C=C/C=C(\C=C)CC(=O)Nc1cc(C2CCCC2)[nH]n1. The van der Waals surface area contributed by atoms with Gasteiger partial charge in [0.1, 0.15) is 0 Å². The van der Waals surface area contributed by atoms with Crippen LogP contribution in [0.4, 0.5) is 5.82 Å². The van der Waals surface area contributed by atoms with E-state index in [1.165, 1.54) is 25.7 Å². The number of carbonyl (C=O) groups is 1. The summed E-state index contributed by atoms with van der Waals surface area (Å²) in [5.74, 6) is 1.07. The van der Waals surface area contributed by atoms with E-state index in [2.05, 4.69) is 28.7 Å². The van der Waals surface area contributed by atoms with Crippen LogP contribution in [0.2, 0.25) is 0 Å². The van der Waals surface area contributed by atoms with Gasteiger partial charge in [0.05, 0.1) is 6.42 Å². The molecule has 0 aliphatic heterocycles. The molecule has 106 valence electrons. The number of nitrogens with one attached hydrogen (secondary N) is 2. The van der Waals surface area contributed by atoms with Crippen molar-refractivity contribution in [2.75, 3.05) is 5.32 Å². The van der Waals surface area contributed by atoms with E-state index in [4.69, 9.17) is 0 Å². The van der Waals surface area contributed by atoms with E-state index < -0.39 is 0 Å². The molecular weight excluding hydrogens is 250 g/mol. The highest BCUT2D eigenvalue weighted by atomic mass is 16.1. The zero-order chi connectivity index (χ0) is 14.4. The third kappa shape index (κ3) is 3.70. The van der Waals surface area contributed by atoms with Gasteiger partial charge in [0, 0.05) is 17.7 Å². The van der Waals surface area contributed by atoms with Crippen LogP contribution in [0.5, 0.6) is 0 Å². The average molecular weight is 271 g/mol. The fourth-order valence-electron chi connectivity index (χ4n) is 2.57. The highest BCUT2D eigenvalue weighted by Gasteiger charge is 2.19. The summed E-state index contributed by atoms with van der Waals surface area (Å²) in [6.45, 7) is 7.29. The Hall–Kier alpha value is -2.10. The number of nitrogens with zero attached hydrogens (tertiary/aromatic N) is 1. The Morgan fingerprint density at radius 3 is 2.85 bits per heavy atom. The standard InChI is InChI=1S/C16H21N3O/c1-3-7-12(4-2)10-16(20)17-15-11-14(18-19-15)13-8-5-6-9-13/h3-4,7,11,13H,1-2,5-6,8-10H2,(H2,17,18,19,20)/b12-7+. The molecule has 1 saturated carbocycles. The van der Waals surface area contributed by atoms with Crippen LogP contribution in [-0.4, -0.2) is 16.1 Å². The van der Waals surface area contributed by atoms with E-state index in [1.54, 1.807) is 18.2 Å². The lowest BCUT2D eigenvalue weighted by atomic mass is 10.0. The van der Waals surface area contributed by atoms with Gasteiger partial charge in [-0.25, -0.2) is 0 Å². The van der Waals surface area contributed by atoms with Crippen molar-refractivity contribution in [1.29, 1.82) is 0 Å². The maximum absolute atomic E-state index is 11.9. The molecule has 2 rings (SSSR count). The first-order valence-corrected chi connectivity index (χ1v) is 7.02. The van der Waals surface area contributed by atoms with Gasteiger partial charge >= 0.3 is 0 Å². The van der Waals surface area contributed by atoms with E-state index in [1.807, 2.05) is 6.07 Å². The molecule has 0 atom stereocenters. The maximum Gasteiger partial charge on any atom is 0.229 e. The molecule has 1 aliphatic carbocycles. The fourth-order valence-corrected chi connectivity index (χ4v) is 2.57. The predicted molar refractivity (Wildman–Crippen MR) is 81.5 cm³/mol. The van der Waals surface area contributed by atoms with Crippen LogP contribution in [0.15, 0.2) is 43.0 Å². The van der Waals surface area contributed by atoms with Crippen LogP contribution in [-0.2, 0) is 4.79 Å². The summed E-state index contributed by atoms with van der Waals surface area (Å²) in [5.41, 5.74) is 1.97. The molecule has 4 nitrogen and oxygen atoms in total. The van der Waals surface area contributed by atoms with E-state index in [0.717, 1.165) is 11.3 Å². The smallest absolute Gasteiger partial charge is 0.229 e. The molecule has 1 aromatic heterocycles. The summed E-state index contributed by atoms with van der Waals surface area (Å²) < 4.78 is 0. The first kappa shape index (κ1) is 14.3. The van der Waals surface area contributed by atoms with E-state index in [0.29, 0.717) is 11.7 Å². The number of aromatic nitrogens is 2. The van der Waals surface area contributed by atoms with E-state index >= 15 is 0 Å². The molecule has 0 unspecified atom stereocenters. The molecule has 1 fully saturated rings. The molecular formula is C16H21N3O. The second-order valence-corrected chi connectivity index (χ2v) is 5.10. The summed E-state index contributed by atoms with van der Waals surface area (Å²) in [7, 11) is 0. The van der Waals surface area contributed by atoms with Gasteiger partial charge in [-0.15, -0.1) is 0 Å². The normalized spacial score (nSPS) is 16.1. The number of hydrogen-bond acceptors (Lipinski definition) is 2. The quantitative estimate of drug-likeness (QED) is 0.775. The Bertz CT molecular complexity index is 522. The zero-order valence-electron chi connectivity index (χ0n) is 11.7. The second-order valence-electron chi connectivity index (χ2n) is 5.10. The molecule has 0 bridgehead atoms. The van der Waals surface area contributed by atoms with Gasteiger partial charge in [0.25, 0.3) is 0 Å². The number of H-pyrrole nitrogens is 1. The first-order valence-electron chi connectivity index (χ1n) is 7.02. The number of amides is 1. The Balaban J connectivity index is 1.92. The molecule has 1 amide bonds. The highest BCUT2D eigenvalue weighted by molar-refractivity contribution is 5.91. The number of allylic oxidation sites excluding steroid dienone is 3. The lowest BCUT2D eigenvalue weighted by Crippen LogP contribution is -2.12. The molecule has 4 heteroatoms. The molecule has 1 aromatic rings. The summed E-state index contributed by atoms with van der Waals surface area (Å²) in [4.78, 5) is 11.9. The van der Waals surface area contributed by atoms with Gasteiger partial charge in [-0.2, -0.15) is 5.10 Å². The molecule has 2 N–H and O–H groups in total. The number of carbonyl (C=O) groups excluding carboxylic acids is 1. The van der Waals surface area contributed by atoms with Crippen molar-refractivity contribution in [3.8, 4) is 0 Å². The van der Waals surface area contributed by atoms with Gasteiger partial charge in [0.2, 0.25) is 5.91 Å². The Morgan fingerprint density at radius 1 is 1.45 bits per heavy atom. The van der Waals surface area contributed by atoms with Crippen LogP contribution in [0.25, 0.3) is 0 Å². The maximum atomic E-state index is 11.9. The van der Waals surface area contributed by atoms with E-state index in [-0.39, 0.29) is 12.3 Å². The number of rotatable bonds is 6. The Labute approximate surface area is 119 Å². The average Bonchev–Trinajstić information content (AvgIpc) is 3.08. The minimum Gasteiger partial charge on any atom is -0.309 e. The van der Waals surface area contributed by atoms with Crippen molar-refractivity contribution >= 4 is 11.7 Å². The Kier molecular flexibility index (Phi) is 4.93. The topological polar surface area (TPSA) is 57.8 Å². The highest BCUT2D eigenvalue weighted by Crippen LogP contribution is 2.33. The lowest BCUT2D eigenvalue weighted by molar-refractivity contribution is -0.115. The summed E-state index contributed by atoms with van der Waals surface area (Å²) in [5, 5.41) is 9.99. The van der Waals surface area contributed by atoms with Gasteiger partial charge in [0.15, 0.2) is 5.82 Å². The molecule has 0 radical (unpaired) electrons. The van der Waals surface area contributed by atoms with Crippen molar-refractivity contribution < 1.29 is 4.79 Å². The minimum atomic E-state index is -0.0949. The molecule has 1 aliphatic rings. The minimum absolute atomic E-state index is 0.0949. The molecule has 0 spiro atoms. The third-order valence-electron chi connectivity index (χ3n) is 3.62. The van der Waals surface area contributed by atoms with Crippen molar-refractivity contribution in [1.82, 2.24) is 10.2 Å². The van der Waals surface area contributed by atoms with Crippen molar-refractivity contribution in [2.45, 2.75) is 38.0 Å². The van der Waals surface area contributed by atoms with Gasteiger partial charge < -0.3 is 5.32 Å². The second kappa shape index (κ2) is 6.89. The Morgan fingerprint density at radius 2 is 2.20 bits per heavy atom. The summed E-state index contributed by atoms with van der Waals surface area (Å²) >= 11 is 0. The predicted octanol–water partition coefficient (Wildman–Crippen LogP) is 3.69. The third-order valence-corrected chi connectivity index (χ3v) is 3.62. The molecule has 20 heavy (non-hydrogen) atoms. The zero-order valence-corrected chi connectivity index (χ0v) is 11.7. The van der Waals surface area contributed by atoms with Crippen molar-refractivity contribution in [3.63, 3.8) is 0 Å². The van der Waals surface area contributed by atoms with E-state index in [9.17, 15) is 4.79 Å². The lowest BCUT2D eigenvalue weighted by Gasteiger charge is -2.04. The van der Waals surface area contributed by atoms with Gasteiger partial charge in [-0.05, 0) is 18.4 Å². The number of anilines is 1. The van der Waals surface area contributed by atoms with Crippen molar-refractivity contribution in [2.24, 2.45) is 0 Å². The first-order chi connectivity index (χ1) is 9.72. The van der Waals surface area contributed by atoms with Crippen LogP contribution < -0.4 is 5.32 Å². The number of hydrogen-bond donors (Lipinski definition) is 2. The summed E-state index contributed by atoms with van der Waals surface area (Å²) in [6.07, 6.45) is 10.3.